The number of aliphatic hydroxyl groups excluding tert-OH is 1. The smallest absolute Gasteiger partial charge is 0.355 e. The molecule has 0 bridgehead atoms. The molecule has 39 heavy (non-hydrogen) atoms. The van der Waals surface area contributed by atoms with Crippen LogP contribution < -0.4 is 0 Å². The van der Waals surface area contributed by atoms with Crippen LogP contribution in [-0.4, -0.2) is 83.4 Å². The molecule has 210 valence electrons. The fraction of sp³-hybridized carbons (Fsp3) is 0.448. The largest absolute Gasteiger partial charge is 0.507 e. The molecule has 3 rings (SSSR count). The zero-order chi connectivity index (χ0) is 28.9. The summed E-state index contributed by atoms with van der Waals surface area (Å²) in [6.45, 7) is 12.1. The van der Waals surface area contributed by atoms with E-state index in [-0.39, 0.29) is 29.2 Å². The van der Waals surface area contributed by atoms with Gasteiger partial charge in [-0.05, 0) is 70.1 Å². The summed E-state index contributed by atoms with van der Waals surface area (Å²) in [4.78, 5) is 57.8. The summed E-state index contributed by atoms with van der Waals surface area (Å²) >= 11 is 0. The van der Waals surface area contributed by atoms with Gasteiger partial charge < -0.3 is 29.4 Å². The second-order valence-electron chi connectivity index (χ2n) is 9.33. The Morgan fingerprint density at radius 3 is 2.26 bits per heavy atom. The Morgan fingerprint density at radius 2 is 1.69 bits per heavy atom. The topological polar surface area (TPSA) is 129 Å². The first-order valence-corrected chi connectivity index (χ1v) is 13.2. The van der Waals surface area contributed by atoms with Crippen molar-refractivity contribution in [2.24, 2.45) is 0 Å². The molecule has 1 aromatic heterocycles. The van der Waals surface area contributed by atoms with Gasteiger partial charge in [-0.15, -0.1) is 0 Å². The summed E-state index contributed by atoms with van der Waals surface area (Å²) in [7, 11) is 1.28. The number of ketones is 1. The van der Waals surface area contributed by atoms with Crippen LogP contribution >= 0.6 is 0 Å². The number of Topliss-reactive ketones (excluding diaryl/α,β-unsaturated/α-hetero) is 1. The molecule has 1 amide bonds. The van der Waals surface area contributed by atoms with Gasteiger partial charge in [-0.2, -0.15) is 0 Å². The molecule has 1 unspecified atom stereocenters. The number of carbonyl (C=O) groups excluding carboxylic acids is 4. The van der Waals surface area contributed by atoms with Gasteiger partial charge in [0.15, 0.2) is 0 Å². The van der Waals surface area contributed by atoms with Gasteiger partial charge in [-0.25, -0.2) is 9.59 Å². The third kappa shape index (κ3) is 5.90. The molecular weight excluding hydrogens is 502 g/mol. The zero-order valence-corrected chi connectivity index (χ0v) is 23.4. The molecular formula is C29H37N3O7. The van der Waals surface area contributed by atoms with E-state index in [1.54, 1.807) is 45.0 Å². The van der Waals surface area contributed by atoms with Crippen molar-refractivity contribution in [1.29, 1.82) is 0 Å². The highest BCUT2D eigenvalue weighted by Crippen LogP contribution is 2.41. The van der Waals surface area contributed by atoms with Crippen molar-refractivity contribution in [1.82, 2.24) is 14.8 Å². The predicted octanol–water partition coefficient (Wildman–Crippen LogP) is 3.75. The number of nitrogens with zero attached hydrogens (tertiary/aromatic N) is 2. The molecule has 10 heteroatoms. The van der Waals surface area contributed by atoms with Gasteiger partial charge in [0.05, 0.1) is 30.9 Å². The number of hydrogen-bond donors (Lipinski definition) is 2. The molecule has 1 atom stereocenters. The molecule has 1 saturated heterocycles. The van der Waals surface area contributed by atoms with Crippen LogP contribution in [0.3, 0.4) is 0 Å². The molecule has 0 radical (unpaired) electrons. The number of aryl methyl sites for hydroxylation is 1. The Balaban J connectivity index is 2.13. The van der Waals surface area contributed by atoms with E-state index in [1.165, 1.54) is 12.0 Å². The number of nitrogens with one attached hydrogen (secondary N) is 1. The maximum absolute atomic E-state index is 13.4. The summed E-state index contributed by atoms with van der Waals surface area (Å²) in [6.07, 6.45) is 0.626. The molecule has 1 aromatic carbocycles. The average molecular weight is 540 g/mol. The minimum Gasteiger partial charge on any atom is -0.507 e. The molecule has 2 N–H and O–H groups in total. The maximum atomic E-state index is 13.4. The maximum Gasteiger partial charge on any atom is 0.355 e. The zero-order valence-electron chi connectivity index (χ0n) is 23.4. The van der Waals surface area contributed by atoms with E-state index in [9.17, 15) is 24.3 Å². The van der Waals surface area contributed by atoms with Crippen LogP contribution in [0.25, 0.3) is 5.76 Å². The second-order valence-corrected chi connectivity index (χ2v) is 9.33. The monoisotopic (exact) mass is 539 g/mol. The number of aromatic nitrogens is 1. The van der Waals surface area contributed by atoms with E-state index in [1.807, 2.05) is 0 Å². The quantitative estimate of drug-likeness (QED) is 0.191. The lowest BCUT2D eigenvalue weighted by atomic mass is 9.93. The highest BCUT2D eigenvalue weighted by Gasteiger charge is 2.46. The normalized spacial score (nSPS) is 16.7. The number of amides is 1. The van der Waals surface area contributed by atoms with Gasteiger partial charge in [-0.3, -0.25) is 9.59 Å². The van der Waals surface area contributed by atoms with E-state index in [2.05, 4.69) is 23.7 Å². The molecule has 2 heterocycles. The number of likely N-dealkylation sites (tertiary alicyclic amines) is 1. The first kappa shape index (κ1) is 29.6. The number of rotatable bonds is 11. The van der Waals surface area contributed by atoms with Crippen molar-refractivity contribution in [2.75, 3.05) is 39.9 Å². The SMILES string of the molecule is CCOC(=O)c1[nH]c(C)c(/C(O)=C2\C(=O)C(=O)N(CCCN(CC)CC)C2c2ccc(C(=O)OC)cc2)c1C. The molecule has 0 aliphatic carbocycles. The van der Waals surface area contributed by atoms with Crippen LogP contribution in [0.15, 0.2) is 29.8 Å². The number of H-pyrrole nitrogens is 1. The van der Waals surface area contributed by atoms with E-state index in [4.69, 9.17) is 9.47 Å². The minimum absolute atomic E-state index is 0.0748. The van der Waals surface area contributed by atoms with E-state index >= 15 is 0 Å². The lowest BCUT2D eigenvalue weighted by molar-refractivity contribution is -0.140. The average Bonchev–Trinajstić information content (AvgIpc) is 3.37. The van der Waals surface area contributed by atoms with E-state index in [0.29, 0.717) is 35.3 Å². The number of hydrogen-bond acceptors (Lipinski definition) is 8. The Labute approximate surface area is 228 Å². The summed E-state index contributed by atoms with van der Waals surface area (Å²) in [5.41, 5.74) is 2.11. The van der Waals surface area contributed by atoms with Crippen LogP contribution in [0, 0.1) is 13.8 Å². The number of carbonyl (C=O) groups is 4. The molecule has 0 saturated carbocycles. The Hall–Kier alpha value is -3.92. The highest BCUT2D eigenvalue weighted by atomic mass is 16.5. The molecule has 1 fully saturated rings. The lowest BCUT2D eigenvalue weighted by Crippen LogP contribution is -2.33. The fourth-order valence-electron chi connectivity index (χ4n) is 5.03. The molecule has 2 aromatic rings. The number of ether oxygens (including phenoxy) is 2. The Kier molecular flexibility index (Phi) is 9.69. The van der Waals surface area contributed by atoms with Crippen LogP contribution in [0.4, 0.5) is 0 Å². The van der Waals surface area contributed by atoms with Crippen molar-refractivity contribution < 1.29 is 33.8 Å². The molecule has 0 spiro atoms. The molecule has 1 aliphatic rings. The van der Waals surface area contributed by atoms with Crippen molar-refractivity contribution in [3.63, 3.8) is 0 Å². The van der Waals surface area contributed by atoms with Crippen molar-refractivity contribution in [3.8, 4) is 0 Å². The number of methoxy groups -OCH3 is 1. The van der Waals surface area contributed by atoms with E-state index in [0.717, 1.165) is 19.6 Å². The molecule has 1 aliphatic heterocycles. The van der Waals surface area contributed by atoms with Crippen LogP contribution in [0.2, 0.25) is 0 Å². The van der Waals surface area contributed by atoms with E-state index < -0.39 is 29.7 Å². The first-order chi connectivity index (χ1) is 18.6. The van der Waals surface area contributed by atoms with Crippen LogP contribution in [-0.2, 0) is 19.1 Å². The fourth-order valence-corrected chi connectivity index (χ4v) is 5.03. The number of esters is 2. The summed E-state index contributed by atoms with van der Waals surface area (Å²) in [5.74, 6) is -2.99. The number of aromatic amines is 1. The second kappa shape index (κ2) is 12.8. The van der Waals surface area contributed by atoms with Crippen molar-refractivity contribution in [2.45, 2.75) is 47.1 Å². The van der Waals surface area contributed by atoms with Gasteiger partial charge in [0, 0.05) is 17.8 Å². The van der Waals surface area contributed by atoms with Gasteiger partial charge in [-0.1, -0.05) is 26.0 Å². The third-order valence-electron chi connectivity index (χ3n) is 7.11. The highest BCUT2D eigenvalue weighted by molar-refractivity contribution is 6.46. The summed E-state index contributed by atoms with van der Waals surface area (Å²) < 4.78 is 9.89. The number of benzene rings is 1. The standard InChI is InChI=1S/C29H37N3O7/c1-7-31(8-2)15-10-16-32-24(19-11-13-20(14-12-19)28(36)38-6)22(26(34)27(32)35)25(33)21-17(4)23(30-18(21)5)29(37)39-9-3/h11-14,24,30,33H,7-10,15-16H2,1-6H3/b25-22+. The lowest BCUT2D eigenvalue weighted by Gasteiger charge is -2.27. The van der Waals surface area contributed by atoms with Crippen molar-refractivity contribution in [3.05, 3.63) is 63.5 Å². The van der Waals surface area contributed by atoms with Gasteiger partial charge in [0.2, 0.25) is 0 Å². The third-order valence-corrected chi connectivity index (χ3v) is 7.11. The summed E-state index contributed by atoms with van der Waals surface area (Å²) in [5, 5.41) is 11.5. The molecule has 10 nitrogen and oxygen atoms in total. The summed E-state index contributed by atoms with van der Waals surface area (Å²) in [6, 6.07) is 5.53. The van der Waals surface area contributed by atoms with Crippen molar-refractivity contribution >= 4 is 29.4 Å². The number of aliphatic hydroxyl groups is 1. The first-order valence-electron chi connectivity index (χ1n) is 13.2. The van der Waals surface area contributed by atoms with Crippen LogP contribution in [0.5, 0.6) is 0 Å². The van der Waals surface area contributed by atoms with Crippen LogP contribution in [0.1, 0.15) is 76.5 Å². The van der Waals surface area contributed by atoms with Gasteiger partial charge in [0.1, 0.15) is 11.5 Å². The Morgan fingerprint density at radius 1 is 1.05 bits per heavy atom. The predicted molar refractivity (Wildman–Crippen MR) is 145 cm³/mol. The Bertz CT molecular complexity index is 1270. The minimum atomic E-state index is -0.881. The van der Waals surface area contributed by atoms with Gasteiger partial charge in [0.25, 0.3) is 11.7 Å². The van der Waals surface area contributed by atoms with Gasteiger partial charge >= 0.3 is 11.9 Å².